The van der Waals surface area contributed by atoms with Gasteiger partial charge in [-0.25, -0.2) is 4.98 Å². The Kier molecular flexibility index (Phi) is 5.22. The maximum Gasteiger partial charge on any atom is 0.127 e. The van der Waals surface area contributed by atoms with E-state index in [0.717, 1.165) is 25.3 Å². The van der Waals surface area contributed by atoms with Gasteiger partial charge >= 0.3 is 0 Å². The van der Waals surface area contributed by atoms with E-state index < -0.39 is 0 Å². The highest BCUT2D eigenvalue weighted by Gasteiger charge is 2.04. The van der Waals surface area contributed by atoms with Gasteiger partial charge in [-0.1, -0.05) is 6.07 Å². The van der Waals surface area contributed by atoms with Gasteiger partial charge in [0.25, 0.3) is 0 Å². The molecule has 2 N–H and O–H groups in total. The Balaban J connectivity index is 2.34. The van der Waals surface area contributed by atoms with Crippen molar-refractivity contribution in [1.29, 1.82) is 0 Å². The van der Waals surface area contributed by atoms with Gasteiger partial charge in [0.05, 0.1) is 12.7 Å². The van der Waals surface area contributed by atoms with Crippen molar-refractivity contribution in [3.05, 3.63) is 23.9 Å². The Morgan fingerprint density at radius 2 is 2.25 bits per heavy atom. The van der Waals surface area contributed by atoms with Crippen molar-refractivity contribution in [2.45, 2.75) is 26.5 Å². The fourth-order valence-electron chi connectivity index (χ4n) is 1.40. The summed E-state index contributed by atoms with van der Waals surface area (Å²) in [6.07, 6.45) is 2.00. The molecule has 0 unspecified atom stereocenters. The van der Waals surface area contributed by atoms with Gasteiger partial charge in [0, 0.05) is 24.8 Å². The third-order valence-corrected chi connectivity index (χ3v) is 2.29. The van der Waals surface area contributed by atoms with Crippen LogP contribution in [0.5, 0.6) is 0 Å². The summed E-state index contributed by atoms with van der Waals surface area (Å²) in [5.74, 6) is 0.610. The molecule has 0 aliphatic rings. The van der Waals surface area contributed by atoms with Crippen molar-refractivity contribution in [3.8, 4) is 0 Å². The molecule has 0 spiro atoms. The maximum atomic E-state index is 5.78. The molecule has 90 valence electrons. The minimum atomic E-state index is 0.289. The van der Waals surface area contributed by atoms with Crippen molar-refractivity contribution < 1.29 is 4.74 Å². The summed E-state index contributed by atoms with van der Waals surface area (Å²) in [5, 5.41) is 0. The van der Waals surface area contributed by atoms with E-state index in [4.69, 9.17) is 10.5 Å². The minimum Gasteiger partial charge on any atom is -0.383 e. The summed E-state index contributed by atoms with van der Waals surface area (Å²) in [6, 6.07) is 3.91. The molecule has 1 rings (SSSR count). The number of likely N-dealkylation sites (N-methyl/N-ethyl adjacent to an activating group) is 1. The molecule has 4 heteroatoms. The molecule has 0 saturated heterocycles. The second-order valence-electron chi connectivity index (χ2n) is 4.21. The van der Waals surface area contributed by atoms with Gasteiger partial charge in [0.2, 0.25) is 0 Å². The lowest BCUT2D eigenvalue weighted by Crippen LogP contribution is -2.24. The Morgan fingerprint density at radius 3 is 2.88 bits per heavy atom. The molecular formula is C12H21N3O. The average molecular weight is 223 g/mol. The van der Waals surface area contributed by atoms with Gasteiger partial charge in [0.15, 0.2) is 0 Å². The lowest BCUT2D eigenvalue weighted by atomic mass is 10.2. The molecule has 0 aromatic carbocycles. The molecular weight excluding hydrogens is 202 g/mol. The topological polar surface area (TPSA) is 51.4 Å². The van der Waals surface area contributed by atoms with Crippen LogP contribution in [0.2, 0.25) is 0 Å². The van der Waals surface area contributed by atoms with Crippen molar-refractivity contribution in [2.24, 2.45) is 0 Å². The van der Waals surface area contributed by atoms with Gasteiger partial charge in [-0.05, 0) is 27.0 Å². The molecule has 0 atom stereocenters. The molecule has 0 aliphatic carbocycles. The van der Waals surface area contributed by atoms with Crippen LogP contribution < -0.4 is 5.73 Å². The van der Waals surface area contributed by atoms with Crippen molar-refractivity contribution >= 4 is 5.82 Å². The summed E-state index contributed by atoms with van der Waals surface area (Å²) in [4.78, 5) is 6.24. The van der Waals surface area contributed by atoms with Crippen molar-refractivity contribution in [2.75, 3.05) is 25.9 Å². The Labute approximate surface area is 97.4 Å². The zero-order valence-corrected chi connectivity index (χ0v) is 10.3. The average Bonchev–Trinajstić information content (AvgIpc) is 2.21. The lowest BCUT2D eigenvalue weighted by Gasteiger charge is -2.18. The quantitative estimate of drug-likeness (QED) is 0.794. The van der Waals surface area contributed by atoms with Crippen LogP contribution in [0.3, 0.4) is 0 Å². The van der Waals surface area contributed by atoms with E-state index >= 15 is 0 Å². The van der Waals surface area contributed by atoms with Gasteiger partial charge in [-0.15, -0.1) is 0 Å². The van der Waals surface area contributed by atoms with Gasteiger partial charge in [-0.2, -0.15) is 0 Å². The first-order valence-corrected chi connectivity index (χ1v) is 5.59. The molecule has 1 aromatic heterocycles. The van der Waals surface area contributed by atoms with Crippen LogP contribution in [0.25, 0.3) is 0 Å². The third kappa shape index (κ3) is 4.59. The SMILES string of the molecule is CC(C)OCCN(C)Cc1cccnc1N. The highest BCUT2D eigenvalue weighted by Crippen LogP contribution is 2.09. The molecule has 0 amide bonds. The summed E-state index contributed by atoms with van der Waals surface area (Å²) in [5.41, 5.74) is 6.84. The Bertz CT molecular complexity index is 315. The smallest absolute Gasteiger partial charge is 0.127 e. The van der Waals surface area contributed by atoms with E-state index in [1.807, 2.05) is 26.0 Å². The zero-order valence-electron chi connectivity index (χ0n) is 10.3. The summed E-state index contributed by atoms with van der Waals surface area (Å²) >= 11 is 0. The molecule has 4 nitrogen and oxygen atoms in total. The van der Waals surface area contributed by atoms with Crippen LogP contribution in [-0.4, -0.2) is 36.2 Å². The Morgan fingerprint density at radius 1 is 1.50 bits per heavy atom. The van der Waals surface area contributed by atoms with Gasteiger partial charge < -0.3 is 10.5 Å². The van der Waals surface area contributed by atoms with E-state index in [1.165, 1.54) is 0 Å². The van der Waals surface area contributed by atoms with E-state index in [2.05, 4.69) is 16.9 Å². The van der Waals surface area contributed by atoms with Crippen LogP contribution in [0.1, 0.15) is 19.4 Å². The molecule has 0 saturated carbocycles. The van der Waals surface area contributed by atoms with E-state index in [-0.39, 0.29) is 6.10 Å². The van der Waals surface area contributed by atoms with Crippen LogP contribution in [0, 0.1) is 0 Å². The van der Waals surface area contributed by atoms with Crippen LogP contribution in [0.15, 0.2) is 18.3 Å². The second-order valence-corrected chi connectivity index (χ2v) is 4.21. The number of ether oxygens (including phenoxy) is 1. The summed E-state index contributed by atoms with van der Waals surface area (Å²) in [7, 11) is 2.05. The van der Waals surface area contributed by atoms with Crippen molar-refractivity contribution in [1.82, 2.24) is 9.88 Å². The molecule has 0 bridgehead atoms. The van der Waals surface area contributed by atoms with Crippen molar-refractivity contribution in [3.63, 3.8) is 0 Å². The standard InChI is InChI=1S/C12H21N3O/c1-10(2)16-8-7-15(3)9-11-5-4-6-14-12(11)13/h4-6,10H,7-9H2,1-3H3,(H2,13,14). The van der Waals surface area contributed by atoms with E-state index in [0.29, 0.717) is 5.82 Å². The minimum absolute atomic E-state index is 0.289. The molecule has 1 heterocycles. The third-order valence-electron chi connectivity index (χ3n) is 2.29. The normalized spacial score (nSPS) is 11.3. The number of nitrogen functional groups attached to an aromatic ring is 1. The van der Waals surface area contributed by atoms with Crippen LogP contribution >= 0.6 is 0 Å². The fraction of sp³-hybridized carbons (Fsp3) is 0.583. The lowest BCUT2D eigenvalue weighted by molar-refractivity contribution is 0.0627. The molecule has 0 aliphatic heterocycles. The first-order valence-electron chi connectivity index (χ1n) is 5.59. The fourth-order valence-corrected chi connectivity index (χ4v) is 1.40. The predicted octanol–water partition coefficient (Wildman–Crippen LogP) is 1.52. The number of aromatic nitrogens is 1. The predicted molar refractivity (Wildman–Crippen MR) is 66.1 cm³/mol. The number of nitrogens with zero attached hydrogens (tertiary/aromatic N) is 2. The van der Waals surface area contributed by atoms with E-state index in [1.54, 1.807) is 6.20 Å². The summed E-state index contributed by atoms with van der Waals surface area (Å²) < 4.78 is 5.49. The molecule has 0 fully saturated rings. The molecule has 1 aromatic rings. The molecule has 0 radical (unpaired) electrons. The van der Waals surface area contributed by atoms with Gasteiger partial charge in [-0.3, -0.25) is 4.90 Å². The number of pyridine rings is 1. The second kappa shape index (κ2) is 6.45. The number of nitrogens with two attached hydrogens (primary N) is 1. The number of hydrogen-bond acceptors (Lipinski definition) is 4. The van der Waals surface area contributed by atoms with Crippen LogP contribution in [-0.2, 0) is 11.3 Å². The van der Waals surface area contributed by atoms with Gasteiger partial charge in [0.1, 0.15) is 5.82 Å². The number of rotatable bonds is 6. The van der Waals surface area contributed by atoms with Crippen LogP contribution in [0.4, 0.5) is 5.82 Å². The largest absolute Gasteiger partial charge is 0.383 e. The first kappa shape index (κ1) is 12.9. The summed E-state index contributed by atoms with van der Waals surface area (Å²) in [6.45, 7) is 6.53. The monoisotopic (exact) mass is 223 g/mol. The highest BCUT2D eigenvalue weighted by atomic mass is 16.5. The number of hydrogen-bond donors (Lipinski definition) is 1. The highest BCUT2D eigenvalue weighted by molar-refractivity contribution is 5.38. The zero-order chi connectivity index (χ0) is 12.0. The Hall–Kier alpha value is -1.13. The van der Waals surface area contributed by atoms with E-state index in [9.17, 15) is 0 Å². The molecule has 16 heavy (non-hydrogen) atoms. The maximum absolute atomic E-state index is 5.78. The first-order chi connectivity index (χ1) is 7.59. The number of anilines is 1.